The number of hydrogen-bond donors (Lipinski definition) is 6. The number of aliphatic hydroxyl groups excluding tert-OH is 3. The molecular formula is C19H28N4O3. The van der Waals surface area contributed by atoms with Gasteiger partial charge in [-0.1, -0.05) is 6.07 Å². The van der Waals surface area contributed by atoms with Gasteiger partial charge in [0.15, 0.2) is 0 Å². The van der Waals surface area contributed by atoms with Crippen LogP contribution in [0.3, 0.4) is 0 Å². The van der Waals surface area contributed by atoms with Gasteiger partial charge in [-0.05, 0) is 37.3 Å². The summed E-state index contributed by atoms with van der Waals surface area (Å²) >= 11 is 0. The van der Waals surface area contributed by atoms with Crippen molar-refractivity contribution in [1.29, 1.82) is 0 Å². The van der Waals surface area contributed by atoms with Crippen LogP contribution in [-0.4, -0.2) is 41.6 Å². The van der Waals surface area contributed by atoms with E-state index in [1.54, 1.807) is 19.1 Å². The summed E-state index contributed by atoms with van der Waals surface area (Å²) in [6, 6.07) is 11.1. The largest absolute Gasteiger partial charge is 0.398 e. The van der Waals surface area contributed by atoms with E-state index >= 15 is 0 Å². The lowest BCUT2D eigenvalue weighted by Crippen LogP contribution is -2.29. The molecule has 2 aromatic rings. The average Bonchev–Trinajstić information content (AvgIpc) is 2.62. The molecule has 0 aliphatic rings. The van der Waals surface area contributed by atoms with E-state index in [0.717, 1.165) is 16.9 Å². The Morgan fingerprint density at radius 1 is 1.04 bits per heavy atom. The minimum absolute atomic E-state index is 0.00916. The van der Waals surface area contributed by atoms with Crippen LogP contribution in [0.15, 0.2) is 36.4 Å². The summed E-state index contributed by atoms with van der Waals surface area (Å²) in [6.45, 7) is 2.98. The fourth-order valence-corrected chi connectivity index (χ4v) is 3.00. The fourth-order valence-electron chi connectivity index (χ4n) is 3.00. The van der Waals surface area contributed by atoms with Gasteiger partial charge >= 0.3 is 0 Å². The Kier molecular flexibility index (Phi) is 7.08. The number of hydrogen-bond acceptors (Lipinski definition) is 7. The van der Waals surface area contributed by atoms with Crippen molar-refractivity contribution in [2.75, 3.05) is 48.0 Å². The highest BCUT2D eigenvalue weighted by molar-refractivity contribution is 5.64. The monoisotopic (exact) mass is 360 g/mol. The molecule has 7 heteroatoms. The Balaban J connectivity index is 2.21. The van der Waals surface area contributed by atoms with Crippen LogP contribution in [0.2, 0.25) is 0 Å². The van der Waals surface area contributed by atoms with Gasteiger partial charge in [0.1, 0.15) is 0 Å². The predicted octanol–water partition coefficient (Wildman–Crippen LogP) is 1.31. The first-order valence-electron chi connectivity index (χ1n) is 8.63. The van der Waals surface area contributed by atoms with Crippen LogP contribution in [-0.2, 0) is 6.54 Å². The van der Waals surface area contributed by atoms with Crippen LogP contribution in [0.25, 0.3) is 0 Å². The second-order valence-corrected chi connectivity index (χ2v) is 6.15. The lowest BCUT2D eigenvalue weighted by Gasteiger charge is -2.24. The van der Waals surface area contributed by atoms with E-state index in [1.807, 2.05) is 29.2 Å². The van der Waals surface area contributed by atoms with Gasteiger partial charge in [0.2, 0.25) is 0 Å². The lowest BCUT2D eigenvalue weighted by atomic mass is 9.99. The summed E-state index contributed by atoms with van der Waals surface area (Å²) in [5, 5.41) is 31.7. The topological polar surface area (TPSA) is 128 Å². The Morgan fingerprint density at radius 3 is 2.31 bits per heavy atom. The van der Waals surface area contributed by atoms with Gasteiger partial charge in [0.25, 0.3) is 0 Å². The standard InChI is InChI=1S/C19H28N4O3/c1-13(26)19-16(17(20)5-6-18(19)21)12-22-14-3-2-4-15(11-14)23(7-9-24)8-10-25/h2-6,11,13,22,24-26H,7-10,12,20-21H2,1H3. The molecule has 0 radical (unpaired) electrons. The molecule has 0 aliphatic carbocycles. The van der Waals surface area contributed by atoms with Gasteiger partial charge in [-0.25, -0.2) is 0 Å². The molecule has 0 amide bonds. The van der Waals surface area contributed by atoms with Crippen molar-refractivity contribution >= 4 is 22.7 Å². The number of nitrogens with two attached hydrogens (primary N) is 2. The number of anilines is 4. The van der Waals surface area contributed by atoms with E-state index in [9.17, 15) is 15.3 Å². The summed E-state index contributed by atoms with van der Waals surface area (Å²) in [6.07, 6.45) is -0.716. The van der Waals surface area contributed by atoms with Crippen LogP contribution in [0.1, 0.15) is 24.2 Å². The smallest absolute Gasteiger partial charge is 0.0786 e. The molecule has 0 heterocycles. The summed E-state index contributed by atoms with van der Waals surface area (Å²) in [4.78, 5) is 1.90. The number of benzene rings is 2. The molecule has 0 saturated carbocycles. The van der Waals surface area contributed by atoms with Crippen molar-refractivity contribution in [3.05, 3.63) is 47.5 Å². The highest BCUT2D eigenvalue weighted by atomic mass is 16.3. The Labute approximate surface area is 153 Å². The maximum absolute atomic E-state index is 10.0. The lowest BCUT2D eigenvalue weighted by molar-refractivity contribution is 0.199. The molecule has 7 nitrogen and oxygen atoms in total. The fraction of sp³-hybridized carbons (Fsp3) is 0.368. The van der Waals surface area contributed by atoms with Crippen LogP contribution in [0, 0.1) is 0 Å². The zero-order valence-electron chi connectivity index (χ0n) is 15.0. The van der Waals surface area contributed by atoms with Crippen molar-refractivity contribution in [1.82, 2.24) is 0 Å². The van der Waals surface area contributed by atoms with E-state index in [-0.39, 0.29) is 13.2 Å². The number of nitrogens with zero attached hydrogens (tertiary/aromatic N) is 1. The van der Waals surface area contributed by atoms with Crippen molar-refractivity contribution < 1.29 is 15.3 Å². The summed E-state index contributed by atoms with van der Waals surface area (Å²) in [7, 11) is 0. The molecule has 26 heavy (non-hydrogen) atoms. The van der Waals surface area contributed by atoms with Crippen LogP contribution in [0.5, 0.6) is 0 Å². The highest BCUT2D eigenvalue weighted by Crippen LogP contribution is 2.30. The van der Waals surface area contributed by atoms with Gasteiger partial charge in [-0.3, -0.25) is 0 Å². The zero-order chi connectivity index (χ0) is 19.1. The van der Waals surface area contributed by atoms with E-state index in [2.05, 4.69) is 5.32 Å². The third-order valence-corrected chi connectivity index (χ3v) is 4.27. The van der Waals surface area contributed by atoms with Gasteiger partial charge in [0.05, 0.1) is 19.3 Å². The average molecular weight is 360 g/mol. The predicted molar refractivity (Wildman–Crippen MR) is 106 cm³/mol. The van der Waals surface area contributed by atoms with E-state index in [1.165, 1.54) is 0 Å². The summed E-state index contributed by atoms with van der Waals surface area (Å²) in [5.41, 5.74) is 16.3. The molecule has 0 bridgehead atoms. The number of aliphatic hydroxyl groups is 3. The van der Waals surface area contributed by atoms with E-state index in [0.29, 0.717) is 36.6 Å². The third-order valence-electron chi connectivity index (χ3n) is 4.27. The van der Waals surface area contributed by atoms with Gasteiger partial charge in [0, 0.05) is 53.5 Å². The number of nitrogens with one attached hydrogen (secondary N) is 1. The molecule has 0 saturated heterocycles. The molecular weight excluding hydrogens is 332 g/mol. The first kappa shape index (κ1) is 19.8. The van der Waals surface area contributed by atoms with Crippen LogP contribution in [0.4, 0.5) is 22.7 Å². The maximum Gasteiger partial charge on any atom is 0.0786 e. The molecule has 1 atom stereocenters. The highest BCUT2D eigenvalue weighted by Gasteiger charge is 2.15. The van der Waals surface area contributed by atoms with Crippen molar-refractivity contribution in [2.24, 2.45) is 0 Å². The van der Waals surface area contributed by atoms with Crippen molar-refractivity contribution in [3.63, 3.8) is 0 Å². The van der Waals surface area contributed by atoms with Gasteiger partial charge in [-0.15, -0.1) is 0 Å². The van der Waals surface area contributed by atoms with Crippen LogP contribution < -0.4 is 21.7 Å². The molecule has 1 unspecified atom stereocenters. The molecule has 0 aliphatic heterocycles. The molecule has 0 aromatic heterocycles. The van der Waals surface area contributed by atoms with E-state index < -0.39 is 6.10 Å². The molecule has 142 valence electrons. The normalized spacial score (nSPS) is 12.0. The molecule has 2 aromatic carbocycles. The maximum atomic E-state index is 10.0. The Bertz CT molecular complexity index is 716. The molecule has 2 rings (SSSR count). The summed E-state index contributed by atoms with van der Waals surface area (Å²) < 4.78 is 0. The minimum Gasteiger partial charge on any atom is -0.398 e. The van der Waals surface area contributed by atoms with Gasteiger partial charge in [-0.2, -0.15) is 0 Å². The number of rotatable bonds is 9. The Hall–Kier alpha value is -2.48. The molecule has 0 spiro atoms. The van der Waals surface area contributed by atoms with Crippen molar-refractivity contribution in [3.8, 4) is 0 Å². The summed E-state index contributed by atoms with van der Waals surface area (Å²) in [5.74, 6) is 0. The quantitative estimate of drug-likeness (QED) is 0.372. The zero-order valence-corrected chi connectivity index (χ0v) is 15.0. The molecule has 0 fully saturated rings. The first-order valence-corrected chi connectivity index (χ1v) is 8.63. The minimum atomic E-state index is -0.716. The van der Waals surface area contributed by atoms with Gasteiger partial charge < -0.3 is 37.0 Å². The SMILES string of the molecule is CC(O)c1c(N)ccc(N)c1CNc1cccc(N(CCO)CCO)c1. The second kappa shape index (κ2) is 9.28. The third kappa shape index (κ3) is 4.78. The van der Waals surface area contributed by atoms with Crippen molar-refractivity contribution in [2.45, 2.75) is 19.6 Å². The Morgan fingerprint density at radius 2 is 1.69 bits per heavy atom. The van der Waals surface area contributed by atoms with E-state index in [4.69, 9.17) is 11.5 Å². The van der Waals surface area contributed by atoms with Crippen LogP contribution >= 0.6 is 0 Å². The first-order chi connectivity index (χ1) is 12.5. The second-order valence-electron chi connectivity index (χ2n) is 6.15. The number of nitrogen functional groups attached to an aromatic ring is 2. The molecule has 8 N–H and O–H groups in total.